The predicted molar refractivity (Wildman–Crippen MR) is 71.3 cm³/mol. The third-order valence-corrected chi connectivity index (χ3v) is 3.29. The summed E-state index contributed by atoms with van der Waals surface area (Å²) in [4.78, 5) is 2.14. The van der Waals surface area contributed by atoms with Gasteiger partial charge in [0.1, 0.15) is 0 Å². The first-order chi connectivity index (χ1) is 7.63. The molecule has 0 spiro atoms. The molecule has 1 aromatic carbocycles. The number of aromatic nitrogens is 1. The van der Waals surface area contributed by atoms with Gasteiger partial charge >= 0.3 is 0 Å². The molecule has 0 aliphatic heterocycles. The SMILES string of the molecule is CCC(C)n1ccc2cc(N(C)C)ccc21. The largest absolute Gasteiger partial charge is 0.378 e. The first-order valence-corrected chi connectivity index (χ1v) is 5.91. The molecule has 1 aromatic heterocycles. The van der Waals surface area contributed by atoms with Gasteiger partial charge < -0.3 is 9.47 Å². The second-order valence-electron chi connectivity index (χ2n) is 4.62. The van der Waals surface area contributed by atoms with Crippen molar-refractivity contribution in [3.8, 4) is 0 Å². The Hall–Kier alpha value is -1.44. The highest BCUT2D eigenvalue weighted by Gasteiger charge is 2.07. The number of benzene rings is 1. The standard InChI is InChI=1S/C14H20N2/c1-5-11(2)16-9-8-12-10-13(15(3)4)6-7-14(12)16/h6-11H,5H2,1-4H3. The first kappa shape index (κ1) is 11.1. The third kappa shape index (κ3) is 1.80. The van der Waals surface area contributed by atoms with Crippen molar-refractivity contribution in [3.05, 3.63) is 30.5 Å². The maximum Gasteiger partial charge on any atom is 0.0484 e. The topological polar surface area (TPSA) is 8.17 Å². The molecule has 2 heteroatoms. The molecule has 0 saturated carbocycles. The van der Waals surface area contributed by atoms with E-state index in [0.717, 1.165) is 0 Å². The minimum absolute atomic E-state index is 0.572. The van der Waals surface area contributed by atoms with E-state index in [-0.39, 0.29) is 0 Å². The molecule has 0 aliphatic rings. The smallest absolute Gasteiger partial charge is 0.0484 e. The summed E-state index contributed by atoms with van der Waals surface area (Å²) in [7, 11) is 4.15. The lowest BCUT2D eigenvalue weighted by molar-refractivity contribution is 0.548. The Morgan fingerprint density at radius 2 is 2.00 bits per heavy atom. The highest BCUT2D eigenvalue weighted by molar-refractivity contribution is 5.84. The molecule has 16 heavy (non-hydrogen) atoms. The highest BCUT2D eigenvalue weighted by Crippen LogP contribution is 2.25. The number of fused-ring (bicyclic) bond motifs is 1. The van der Waals surface area contributed by atoms with Crippen LogP contribution in [0.15, 0.2) is 30.5 Å². The molecule has 2 nitrogen and oxygen atoms in total. The lowest BCUT2D eigenvalue weighted by Crippen LogP contribution is -2.08. The Kier molecular flexibility index (Phi) is 2.90. The molecular weight excluding hydrogens is 196 g/mol. The molecule has 0 bridgehead atoms. The second kappa shape index (κ2) is 4.20. The van der Waals surface area contributed by atoms with Crippen molar-refractivity contribution in [3.63, 3.8) is 0 Å². The van der Waals surface area contributed by atoms with E-state index in [2.05, 4.69) is 67.9 Å². The minimum Gasteiger partial charge on any atom is -0.378 e. The van der Waals surface area contributed by atoms with E-state index >= 15 is 0 Å². The Morgan fingerprint density at radius 3 is 2.62 bits per heavy atom. The van der Waals surface area contributed by atoms with Gasteiger partial charge in [-0.25, -0.2) is 0 Å². The molecule has 1 unspecified atom stereocenters. The van der Waals surface area contributed by atoms with Crippen LogP contribution in [0.3, 0.4) is 0 Å². The van der Waals surface area contributed by atoms with Gasteiger partial charge in [-0.1, -0.05) is 6.92 Å². The fraction of sp³-hybridized carbons (Fsp3) is 0.429. The lowest BCUT2D eigenvalue weighted by atomic mass is 10.2. The molecule has 0 aliphatic carbocycles. The maximum absolute atomic E-state index is 2.36. The fourth-order valence-corrected chi connectivity index (χ4v) is 2.01. The van der Waals surface area contributed by atoms with Crippen molar-refractivity contribution in [2.24, 2.45) is 0 Å². The van der Waals surface area contributed by atoms with Crippen LogP contribution >= 0.6 is 0 Å². The van der Waals surface area contributed by atoms with Crippen LogP contribution in [0, 0.1) is 0 Å². The number of hydrogen-bond donors (Lipinski definition) is 0. The Morgan fingerprint density at radius 1 is 1.25 bits per heavy atom. The maximum atomic E-state index is 2.36. The van der Waals surface area contributed by atoms with Crippen molar-refractivity contribution >= 4 is 16.6 Å². The molecule has 86 valence electrons. The number of rotatable bonds is 3. The van der Waals surface area contributed by atoms with Crippen LogP contribution in [0.25, 0.3) is 10.9 Å². The van der Waals surface area contributed by atoms with Crippen LogP contribution < -0.4 is 4.90 Å². The van der Waals surface area contributed by atoms with Crippen LogP contribution in [0.1, 0.15) is 26.3 Å². The summed E-state index contributed by atoms with van der Waals surface area (Å²) in [5.74, 6) is 0. The fourth-order valence-electron chi connectivity index (χ4n) is 2.01. The molecular formula is C14H20N2. The van der Waals surface area contributed by atoms with Gasteiger partial charge in [-0.3, -0.25) is 0 Å². The zero-order valence-corrected chi connectivity index (χ0v) is 10.6. The molecule has 0 N–H and O–H groups in total. The number of anilines is 1. The molecule has 0 radical (unpaired) electrons. The van der Waals surface area contributed by atoms with Crippen molar-refractivity contribution in [2.45, 2.75) is 26.3 Å². The molecule has 0 fully saturated rings. The minimum atomic E-state index is 0.572. The zero-order chi connectivity index (χ0) is 11.7. The summed E-state index contributed by atoms with van der Waals surface area (Å²) in [6.45, 7) is 4.49. The molecule has 1 heterocycles. The van der Waals surface area contributed by atoms with Crippen LogP contribution in [0.5, 0.6) is 0 Å². The predicted octanol–water partition coefficient (Wildman–Crippen LogP) is 3.68. The van der Waals surface area contributed by atoms with E-state index in [9.17, 15) is 0 Å². The van der Waals surface area contributed by atoms with Crippen molar-refractivity contribution in [1.29, 1.82) is 0 Å². The van der Waals surface area contributed by atoms with Gasteiger partial charge in [-0.2, -0.15) is 0 Å². The van der Waals surface area contributed by atoms with Crippen molar-refractivity contribution < 1.29 is 0 Å². The van der Waals surface area contributed by atoms with E-state index in [1.165, 1.54) is 23.0 Å². The van der Waals surface area contributed by atoms with E-state index in [4.69, 9.17) is 0 Å². The van der Waals surface area contributed by atoms with Gasteiger partial charge in [0, 0.05) is 42.9 Å². The van der Waals surface area contributed by atoms with Crippen LogP contribution in [0.4, 0.5) is 5.69 Å². The molecule has 1 atom stereocenters. The number of nitrogens with zero attached hydrogens (tertiary/aromatic N) is 2. The van der Waals surface area contributed by atoms with Crippen molar-refractivity contribution in [1.82, 2.24) is 4.57 Å². The summed E-state index contributed by atoms with van der Waals surface area (Å²) in [6.07, 6.45) is 3.36. The summed E-state index contributed by atoms with van der Waals surface area (Å²) >= 11 is 0. The highest BCUT2D eigenvalue weighted by atomic mass is 15.1. The summed E-state index contributed by atoms with van der Waals surface area (Å²) in [5, 5.41) is 1.33. The Bertz CT molecular complexity index is 482. The first-order valence-electron chi connectivity index (χ1n) is 5.91. The van der Waals surface area contributed by atoms with Gasteiger partial charge in [0.05, 0.1) is 0 Å². The summed E-state index contributed by atoms with van der Waals surface area (Å²) < 4.78 is 2.36. The zero-order valence-electron chi connectivity index (χ0n) is 10.6. The van der Waals surface area contributed by atoms with Gasteiger partial charge in [0.2, 0.25) is 0 Å². The Labute approximate surface area is 97.5 Å². The van der Waals surface area contributed by atoms with E-state index in [0.29, 0.717) is 6.04 Å². The van der Waals surface area contributed by atoms with Gasteiger partial charge in [-0.15, -0.1) is 0 Å². The van der Waals surface area contributed by atoms with E-state index in [1.54, 1.807) is 0 Å². The van der Waals surface area contributed by atoms with Gasteiger partial charge in [-0.05, 0) is 37.6 Å². The number of hydrogen-bond acceptors (Lipinski definition) is 1. The van der Waals surface area contributed by atoms with Crippen LogP contribution in [0.2, 0.25) is 0 Å². The molecule has 0 amide bonds. The lowest BCUT2D eigenvalue weighted by Gasteiger charge is -2.15. The normalized spacial score (nSPS) is 13.0. The summed E-state index contributed by atoms with van der Waals surface area (Å²) in [5.41, 5.74) is 2.59. The second-order valence-corrected chi connectivity index (χ2v) is 4.62. The average molecular weight is 216 g/mol. The van der Waals surface area contributed by atoms with E-state index in [1.807, 2.05) is 0 Å². The molecule has 0 saturated heterocycles. The van der Waals surface area contributed by atoms with Crippen molar-refractivity contribution in [2.75, 3.05) is 19.0 Å². The van der Waals surface area contributed by atoms with Crippen LogP contribution in [-0.2, 0) is 0 Å². The Balaban J connectivity index is 2.50. The van der Waals surface area contributed by atoms with Crippen LogP contribution in [-0.4, -0.2) is 18.7 Å². The monoisotopic (exact) mass is 216 g/mol. The quantitative estimate of drug-likeness (QED) is 0.760. The average Bonchev–Trinajstić information content (AvgIpc) is 2.70. The molecule has 2 rings (SSSR count). The molecule has 2 aromatic rings. The third-order valence-electron chi connectivity index (χ3n) is 3.29. The van der Waals surface area contributed by atoms with Gasteiger partial charge in [0.15, 0.2) is 0 Å². The van der Waals surface area contributed by atoms with Gasteiger partial charge in [0.25, 0.3) is 0 Å². The summed E-state index contributed by atoms with van der Waals surface area (Å²) in [6, 6.07) is 9.42. The van der Waals surface area contributed by atoms with E-state index < -0.39 is 0 Å².